The number of imidazole rings is 1. The molecule has 1 aliphatic rings. The van der Waals surface area contributed by atoms with Crippen molar-refractivity contribution in [2.45, 2.75) is 65.2 Å². The zero-order valence-corrected chi connectivity index (χ0v) is 31.0. The van der Waals surface area contributed by atoms with Gasteiger partial charge in [0, 0.05) is 38.2 Å². The maximum atomic E-state index is 6.15. The second-order valence-corrected chi connectivity index (χ2v) is 18.5. The molecule has 8 rings (SSSR count). The van der Waals surface area contributed by atoms with E-state index in [1.54, 1.807) is 10.8 Å². The molecule has 6 heteroatoms. The third-order valence-electron chi connectivity index (χ3n) is 9.30. The number of para-hydroxylation sites is 3. The predicted octanol–water partition coefficient (Wildman–Crippen LogP) is 10.2. The summed E-state index contributed by atoms with van der Waals surface area (Å²) in [6.45, 7) is 10.3. The number of pyridine rings is 1. The number of furan rings is 1. The predicted molar refractivity (Wildman–Crippen MR) is 194 cm³/mol. The van der Waals surface area contributed by atoms with Crippen molar-refractivity contribution >= 4 is 46.2 Å². The minimum Gasteiger partial charge on any atom is -0.501 e. The van der Waals surface area contributed by atoms with Crippen LogP contribution in [-0.2, 0) is 33.1 Å². The Kier molecular flexibility index (Phi) is 9.93. The average Bonchev–Trinajstić information content (AvgIpc) is 3.82. The second-order valence-electron chi connectivity index (χ2n) is 13.5. The van der Waals surface area contributed by atoms with E-state index in [1.165, 1.54) is 32.1 Å². The van der Waals surface area contributed by atoms with E-state index >= 15 is 0 Å². The van der Waals surface area contributed by atoms with Crippen LogP contribution in [0.25, 0.3) is 55.6 Å². The maximum Gasteiger partial charge on any atom is 0.120 e. The van der Waals surface area contributed by atoms with Gasteiger partial charge in [0.25, 0.3) is 0 Å². The van der Waals surface area contributed by atoms with Crippen LogP contribution >= 0.6 is 0 Å². The van der Waals surface area contributed by atoms with Crippen LogP contribution in [0.15, 0.2) is 102 Å². The molecule has 3 heterocycles. The van der Waals surface area contributed by atoms with Crippen LogP contribution in [0.1, 0.15) is 38.2 Å². The fraction of sp³-hybridized carbons (Fsp3) is 0.268. The molecule has 241 valence electrons. The van der Waals surface area contributed by atoms with Gasteiger partial charge in [-0.05, 0) is 48.3 Å². The summed E-state index contributed by atoms with van der Waals surface area (Å²) in [5.74, 6) is 1.79. The van der Waals surface area contributed by atoms with Gasteiger partial charge in [0.1, 0.15) is 5.58 Å². The molecule has 0 spiro atoms. The Balaban J connectivity index is 0.000000162. The minimum atomic E-state index is -1.35. The Hall–Kier alpha value is -3.83. The fourth-order valence-electron chi connectivity index (χ4n) is 7.01. The number of fused-ring (bicyclic) bond motifs is 4. The summed E-state index contributed by atoms with van der Waals surface area (Å²) in [5.41, 5.74) is 8.53. The van der Waals surface area contributed by atoms with Crippen LogP contribution in [0, 0.1) is 18.1 Å². The Bertz CT molecular complexity index is 2120. The van der Waals surface area contributed by atoms with Gasteiger partial charge < -0.3 is 14.0 Å². The quantitative estimate of drug-likeness (QED) is 0.124. The number of hydrogen-bond donors (Lipinski definition) is 0. The number of hydrogen-bond acceptors (Lipinski definition) is 3. The first-order valence-corrected chi connectivity index (χ1v) is 20.1. The Labute approximate surface area is 292 Å². The van der Waals surface area contributed by atoms with Crippen LogP contribution in [0.2, 0.25) is 19.6 Å². The first kappa shape index (κ1) is 33.1. The number of aryl methyl sites for hydroxylation is 1. The van der Waals surface area contributed by atoms with Crippen LogP contribution in [0.5, 0.6) is 0 Å². The summed E-state index contributed by atoms with van der Waals surface area (Å²) >= 11 is 0. The molecule has 0 saturated heterocycles. The Morgan fingerprint density at radius 3 is 2.40 bits per heavy atom. The van der Waals surface area contributed by atoms with Crippen LogP contribution in [0.3, 0.4) is 0 Å². The molecule has 0 N–H and O–H groups in total. The zero-order valence-electron chi connectivity index (χ0n) is 27.6. The maximum absolute atomic E-state index is 6.15. The van der Waals surface area contributed by atoms with Crippen LogP contribution < -0.4 is 5.19 Å². The standard InChI is InChI=1S/C21H15N2O.C20H26NSi.Ir/c1-2-23-18-12-5-4-11-17(18)22-21(23)16-10-7-9-15-14-8-3-6-13-19(14)24-20(15)16;1-22(2,3)20-15-21-19(17-11-5-4-6-12-17)14-18(20)13-16-9-7-8-10-16;/h3-9,11-13H,2H2,1H3;4-6,11,14-16H,7-10,13H2,1-3H3;/q2*-1;. The normalized spacial score (nSPS) is 13.5. The van der Waals surface area contributed by atoms with E-state index in [1.807, 2.05) is 54.6 Å². The summed E-state index contributed by atoms with van der Waals surface area (Å²) in [6.07, 6.45) is 9.03. The van der Waals surface area contributed by atoms with Crippen molar-refractivity contribution in [1.82, 2.24) is 14.5 Å². The average molecular weight is 812 g/mol. The minimum absolute atomic E-state index is 0. The van der Waals surface area contributed by atoms with Crippen molar-refractivity contribution < 1.29 is 24.5 Å². The molecule has 4 aromatic carbocycles. The Morgan fingerprint density at radius 2 is 1.64 bits per heavy atom. The van der Waals surface area contributed by atoms with Crippen molar-refractivity contribution in [3.05, 3.63) is 115 Å². The van der Waals surface area contributed by atoms with E-state index in [4.69, 9.17) is 14.4 Å². The largest absolute Gasteiger partial charge is 0.501 e. The molecule has 1 radical (unpaired) electrons. The summed E-state index contributed by atoms with van der Waals surface area (Å²) in [7, 11) is -1.35. The number of nitrogens with zero attached hydrogens (tertiary/aromatic N) is 3. The van der Waals surface area contributed by atoms with Gasteiger partial charge in [-0.2, -0.15) is 0 Å². The smallest absolute Gasteiger partial charge is 0.120 e. The molecule has 3 aromatic heterocycles. The molecule has 0 bridgehead atoms. The van der Waals surface area contributed by atoms with E-state index in [0.29, 0.717) is 0 Å². The second kappa shape index (κ2) is 14.1. The SMILES string of the molecule is CCn1c(-c2[c-]ccc3c2oc2ccccc23)nc2ccccc21.C[Si](C)(C)c1cnc(-c2[c-]cccc2)cc1CC1CCCC1.[Ir]. The van der Waals surface area contributed by atoms with Gasteiger partial charge in [-0.1, -0.05) is 98.2 Å². The van der Waals surface area contributed by atoms with Crippen molar-refractivity contribution in [3.8, 4) is 22.6 Å². The number of aromatic nitrogens is 3. The van der Waals surface area contributed by atoms with Crippen molar-refractivity contribution in [2.24, 2.45) is 5.92 Å². The molecule has 1 saturated carbocycles. The van der Waals surface area contributed by atoms with Gasteiger partial charge in [0.05, 0.1) is 30.5 Å². The topological polar surface area (TPSA) is 43.9 Å². The van der Waals surface area contributed by atoms with Crippen molar-refractivity contribution in [3.63, 3.8) is 0 Å². The fourth-order valence-corrected chi connectivity index (χ4v) is 8.60. The molecule has 1 aliphatic carbocycles. The van der Waals surface area contributed by atoms with Gasteiger partial charge in [0.15, 0.2) is 0 Å². The van der Waals surface area contributed by atoms with Gasteiger partial charge in [-0.3, -0.25) is 4.98 Å². The molecule has 47 heavy (non-hydrogen) atoms. The van der Waals surface area contributed by atoms with E-state index in [2.05, 4.69) is 85.9 Å². The van der Waals surface area contributed by atoms with Gasteiger partial charge >= 0.3 is 0 Å². The third kappa shape index (κ3) is 6.78. The molecule has 0 amide bonds. The molecular weight excluding hydrogens is 771 g/mol. The number of rotatable bonds is 6. The summed E-state index contributed by atoms with van der Waals surface area (Å²) in [6, 6.07) is 37.5. The van der Waals surface area contributed by atoms with Crippen molar-refractivity contribution in [2.75, 3.05) is 0 Å². The first-order chi connectivity index (χ1) is 22.4. The van der Waals surface area contributed by atoms with Crippen LogP contribution in [0.4, 0.5) is 0 Å². The summed E-state index contributed by atoms with van der Waals surface area (Å²) in [4.78, 5) is 9.60. The molecule has 0 unspecified atom stereocenters. The monoisotopic (exact) mass is 812 g/mol. The molecule has 0 atom stereocenters. The summed E-state index contributed by atoms with van der Waals surface area (Å²) < 4.78 is 8.36. The van der Waals surface area contributed by atoms with E-state index < -0.39 is 8.07 Å². The zero-order chi connectivity index (χ0) is 31.7. The molecular formula is C41H41IrN3OSi-2. The van der Waals surface area contributed by atoms with Gasteiger partial charge in [0.2, 0.25) is 0 Å². The molecule has 4 nitrogen and oxygen atoms in total. The van der Waals surface area contributed by atoms with E-state index in [0.717, 1.165) is 68.1 Å². The van der Waals surface area contributed by atoms with Crippen LogP contribution in [-0.4, -0.2) is 22.6 Å². The Morgan fingerprint density at radius 1 is 0.872 bits per heavy atom. The first-order valence-electron chi connectivity index (χ1n) is 16.6. The van der Waals surface area contributed by atoms with Crippen molar-refractivity contribution in [1.29, 1.82) is 0 Å². The van der Waals surface area contributed by atoms with E-state index in [9.17, 15) is 0 Å². The summed E-state index contributed by atoms with van der Waals surface area (Å²) in [5, 5.41) is 3.77. The molecule has 7 aromatic rings. The van der Waals surface area contributed by atoms with Gasteiger partial charge in [-0.15, -0.1) is 54.1 Å². The molecule has 1 fully saturated rings. The third-order valence-corrected chi connectivity index (χ3v) is 11.4. The number of benzene rings is 4. The van der Waals surface area contributed by atoms with E-state index in [-0.39, 0.29) is 20.1 Å². The molecule has 0 aliphatic heterocycles. The van der Waals surface area contributed by atoms with Gasteiger partial charge in [-0.25, -0.2) is 0 Å².